The molecule has 4 aliphatic rings. The summed E-state index contributed by atoms with van der Waals surface area (Å²) in [5.41, 5.74) is 0.982. The molecular weight excluding hydrogens is 488 g/mol. The Morgan fingerprint density at radius 1 is 1.14 bits per heavy atom. The predicted octanol–water partition coefficient (Wildman–Crippen LogP) is 2.98. The van der Waals surface area contributed by atoms with Gasteiger partial charge >= 0.3 is 5.97 Å². The third-order valence-corrected chi connectivity index (χ3v) is 9.84. The molecule has 8 heteroatoms. The molecule has 1 unspecified atom stereocenters. The average molecular weight is 525 g/mol. The Bertz CT molecular complexity index is 1080. The van der Waals surface area contributed by atoms with Gasteiger partial charge in [0.2, 0.25) is 11.8 Å². The molecule has 6 atom stereocenters. The van der Waals surface area contributed by atoms with Crippen molar-refractivity contribution in [3.05, 3.63) is 60.2 Å². The van der Waals surface area contributed by atoms with Gasteiger partial charge in [-0.05, 0) is 24.8 Å². The molecule has 1 aromatic carbocycles. The molecule has 0 aliphatic carbocycles. The summed E-state index contributed by atoms with van der Waals surface area (Å²) >= 11 is 1.55. The summed E-state index contributed by atoms with van der Waals surface area (Å²) in [5, 5.41) is 10.3. The average Bonchev–Trinajstić information content (AvgIpc) is 3.28. The molecule has 198 valence electrons. The normalized spacial score (nSPS) is 31.8. The molecule has 0 aromatic heterocycles. The number of cyclic esters (lactones) is 1. The number of fused-ring (bicyclic) bond motifs is 2. The van der Waals surface area contributed by atoms with Crippen LogP contribution >= 0.6 is 11.8 Å². The van der Waals surface area contributed by atoms with Gasteiger partial charge in [0.15, 0.2) is 0 Å². The van der Waals surface area contributed by atoms with Crippen molar-refractivity contribution >= 4 is 29.5 Å². The molecule has 1 aromatic rings. The number of rotatable bonds is 8. The molecule has 2 amide bonds. The summed E-state index contributed by atoms with van der Waals surface area (Å²) < 4.78 is 4.66. The molecule has 1 spiro atoms. The largest absolute Gasteiger partial charge is 0.465 e. The second-order valence-corrected chi connectivity index (χ2v) is 11.9. The highest BCUT2D eigenvalue weighted by molar-refractivity contribution is 8.02. The van der Waals surface area contributed by atoms with Gasteiger partial charge in [0.1, 0.15) is 6.04 Å². The zero-order valence-corrected chi connectivity index (χ0v) is 22.1. The molecule has 4 heterocycles. The Balaban J connectivity index is 1.57. The van der Waals surface area contributed by atoms with E-state index in [0.29, 0.717) is 25.9 Å². The third-order valence-electron chi connectivity index (χ3n) is 8.09. The molecule has 37 heavy (non-hydrogen) atoms. The highest BCUT2D eigenvalue weighted by Gasteiger charge is 2.71. The maximum Gasteiger partial charge on any atom is 0.311 e. The zero-order chi connectivity index (χ0) is 26.0. The molecule has 2 saturated heterocycles. The maximum atomic E-state index is 14.3. The van der Waals surface area contributed by atoms with E-state index in [4.69, 9.17) is 4.74 Å². The Labute approximate surface area is 222 Å². The topological polar surface area (TPSA) is 87.2 Å². The van der Waals surface area contributed by atoms with Crippen LogP contribution in [-0.2, 0) is 25.5 Å². The first-order chi connectivity index (χ1) is 18.0. The van der Waals surface area contributed by atoms with Gasteiger partial charge < -0.3 is 19.6 Å². The number of amides is 2. The number of aliphatic hydroxyl groups is 1. The Kier molecular flexibility index (Phi) is 7.77. The first-order valence-electron chi connectivity index (χ1n) is 13.5. The number of thioether (sulfide) groups is 1. The second-order valence-electron chi connectivity index (χ2n) is 10.4. The number of likely N-dealkylation sites (tertiary alicyclic amines) is 1. The molecule has 7 nitrogen and oxygen atoms in total. The Hall–Kier alpha value is -2.58. The van der Waals surface area contributed by atoms with E-state index < -0.39 is 28.7 Å². The van der Waals surface area contributed by atoms with E-state index in [0.717, 1.165) is 24.8 Å². The maximum absolute atomic E-state index is 14.3. The van der Waals surface area contributed by atoms with Gasteiger partial charge in [0.05, 0.1) is 35.8 Å². The molecule has 0 saturated carbocycles. The molecule has 0 bridgehead atoms. The van der Waals surface area contributed by atoms with Crippen LogP contribution in [0.15, 0.2) is 54.6 Å². The van der Waals surface area contributed by atoms with Crippen molar-refractivity contribution in [2.24, 2.45) is 11.8 Å². The lowest BCUT2D eigenvalue weighted by molar-refractivity contribution is -0.153. The van der Waals surface area contributed by atoms with Gasteiger partial charge in [0, 0.05) is 18.3 Å². The van der Waals surface area contributed by atoms with E-state index in [2.05, 4.69) is 6.92 Å². The summed E-state index contributed by atoms with van der Waals surface area (Å²) in [6, 6.07) is 8.35. The predicted molar refractivity (Wildman–Crippen MR) is 143 cm³/mol. The van der Waals surface area contributed by atoms with Crippen molar-refractivity contribution in [2.45, 2.75) is 61.1 Å². The molecule has 5 rings (SSSR count). The van der Waals surface area contributed by atoms with Crippen LogP contribution in [0.3, 0.4) is 0 Å². The lowest BCUT2D eigenvalue weighted by Gasteiger charge is -2.38. The fourth-order valence-corrected chi connectivity index (χ4v) is 8.37. The van der Waals surface area contributed by atoms with Crippen molar-refractivity contribution in [3.63, 3.8) is 0 Å². The van der Waals surface area contributed by atoms with Crippen LogP contribution in [0.2, 0.25) is 0 Å². The fraction of sp³-hybridized carbons (Fsp3) is 0.552. The summed E-state index contributed by atoms with van der Waals surface area (Å²) in [4.78, 5) is 45.3. The number of nitrogens with zero attached hydrogens (tertiary/aromatic N) is 2. The summed E-state index contributed by atoms with van der Waals surface area (Å²) in [7, 11) is 0. The summed E-state index contributed by atoms with van der Waals surface area (Å²) in [6.45, 7) is 3.25. The van der Waals surface area contributed by atoms with Crippen LogP contribution in [-0.4, -0.2) is 81.1 Å². The number of hydrogen-bond donors (Lipinski definition) is 1. The minimum Gasteiger partial charge on any atom is -0.465 e. The number of carbonyl (C=O) groups is 3. The molecule has 4 aliphatic heterocycles. The van der Waals surface area contributed by atoms with Crippen molar-refractivity contribution in [1.29, 1.82) is 0 Å². The quantitative estimate of drug-likeness (QED) is 0.320. The van der Waals surface area contributed by atoms with E-state index in [1.807, 2.05) is 59.5 Å². The number of aliphatic hydroxyl groups excluding tert-OH is 1. The van der Waals surface area contributed by atoms with Gasteiger partial charge in [-0.3, -0.25) is 14.4 Å². The monoisotopic (exact) mass is 524 g/mol. The number of ether oxygens (including phenoxy) is 1. The van der Waals surface area contributed by atoms with E-state index in [9.17, 15) is 19.5 Å². The van der Waals surface area contributed by atoms with Crippen molar-refractivity contribution < 1.29 is 24.2 Å². The van der Waals surface area contributed by atoms with Crippen molar-refractivity contribution in [2.75, 3.05) is 26.3 Å². The summed E-state index contributed by atoms with van der Waals surface area (Å²) in [5.74, 6) is -2.09. The number of unbranched alkanes of at least 4 members (excludes halogenated alkanes) is 2. The highest BCUT2D eigenvalue weighted by atomic mass is 32.2. The number of carbonyl (C=O) groups excluding carboxylic acids is 3. The number of hydrogen-bond acceptors (Lipinski definition) is 6. The summed E-state index contributed by atoms with van der Waals surface area (Å²) in [6.07, 6.45) is 12.1. The van der Waals surface area contributed by atoms with Crippen LogP contribution in [0.25, 0.3) is 0 Å². The van der Waals surface area contributed by atoms with E-state index in [-0.39, 0.29) is 36.2 Å². The van der Waals surface area contributed by atoms with Gasteiger partial charge in [0.25, 0.3) is 0 Å². The van der Waals surface area contributed by atoms with E-state index in [1.54, 1.807) is 16.7 Å². The lowest BCUT2D eigenvalue weighted by atomic mass is 9.78. The number of esters is 1. The molecule has 2 fully saturated rings. The van der Waals surface area contributed by atoms with Crippen LogP contribution in [0.1, 0.15) is 38.2 Å². The molecule has 0 radical (unpaired) electrons. The smallest absolute Gasteiger partial charge is 0.311 e. The van der Waals surface area contributed by atoms with Crippen molar-refractivity contribution in [1.82, 2.24) is 9.80 Å². The fourth-order valence-electron chi connectivity index (χ4n) is 6.38. The first kappa shape index (κ1) is 26.0. The van der Waals surface area contributed by atoms with E-state index >= 15 is 0 Å². The third kappa shape index (κ3) is 4.63. The lowest BCUT2D eigenvalue weighted by Crippen LogP contribution is -2.57. The van der Waals surface area contributed by atoms with E-state index in [1.165, 1.54) is 0 Å². The first-order valence-corrected chi connectivity index (χ1v) is 14.3. The minimum absolute atomic E-state index is 0.0948. The SMILES string of the molecule is CCCCCN1CC=C[C@]23S[C@H]4C=CCCOC(=O)[C@H]4[C@H]2C(=O)N([C@@H](CO)Cc2ccccc2)C3C1=O. The number of benzene rings is 1. The van der Waals surface area contributed by atoms with Gasteiger partial charge in [-0.15, -0.1) is 11.8 Å². The van der Waals surface area contributed by atoms with Crippen LogP contribution in [0.4, 0.5) is 0 Å². The highest BCUT2D eigenvalue weighted by Crippen LogP contribution is 2.61. The van der Waals surface area contributed by atoms with Crippen LogP contribution in [0.5, 0.6) is 0 Å². The second kappa shape index (κ2) is 11.0. The van der Waals surface area contributed by atoms with Crippen molar-refractivity contribution in [3.8, 4) is 0 Å². The standard InChI is InChI=1S/C29H36N2O5S/c1-2-3-8-15-30-16-10-14-29-24(23-22(37-29)13-7-9-17-36-28(23)35)26(33)31(25(29)27(30)34)21(19-32)18-20-11-5-4-6-12-20/h4-7,10-14,21-25,32H,2-3,8-9,15-19H2,1H3/t21-,22+,23-,24+,25?,29+/m1/s1. The Morgan fingerprint density at radius 2 is 1.95 bits per heavy atom. The minimum atomic E-state index is -0.888. The zero-order valence-electron chi connectivity index (χ0n) is 21.3. The molecular formula is C29H36N2O5S. The van der Waals surface area contributed by atoms with Gasteiger partial charge in [-0.25, -0.2) is 0 Å². The van der Waals surface area contributed by atoms with Gasteiger partial charge in [-0.1, -0.05) is 74.4 Å². The Morgan fingerprint density at radius 3 is 2.70 bits per heavy atom. The van der Waals surface area contributed by atoms with Gasteiger partial charge in [-0.2, -0.15) is 0 Å². The van der Waals surface area contributed by atoms with Crippen LogP contribution < -0.4 is 0 Å². The molecule has 1 N–H and O–H groups in total. The van der Waals surface area contributed by atoms with Crippen LogP contribution in [0, 0.1) is 11.8 Å².